The number of benzene rings is 1. The summed E-state index contributed by atoms with van der Waals surface area (Å²) in [6.07, 6.45) is 0. The zero-order chi connectivity index (χ0) is 14.9. The second kappa shape index (κ2) is 5.55. The molecule has 0 unspecified atom stereocenters. The van der Waals surface area contributed by atoms with Gasteiger partial charge in [-0.25, -0.2) is 17.9 Å². The third-order valence-corrected chi connectivity index (χ3v) is 4.03. The Bertz CT molecular complexity index is 743. The van der Waals surface area contributed by atoms with Gasteiger partial charge in [-0.1, -0.05) is 0 Å². The number of halogens is 2. The number of rotatable bonds is 4. The summed E-state index contributed by atoms with van der Waals surface area (Å²) in [7, 11) is -3.85. The van der Waals surface area contributed by atoms with Gasteiger partial charge in [0.1, 0.15) is 11.6 Å². The maximum absolute atomic E-state index is 13.4. The van der Waals surface area contributed by atoms with E-state index < -0.39 is 10.0 Å². The van der Waals surface area contributed by atoms with Crippen LogP contribution in [-0.2, 0) is 16.6 Å². The lowest BCUT2D eigenvalue weighted by Gasteiger charge is -2.09. The molecule has 20 heavy (non-hydrogen) atoms. The Balaban J connectivity index is 2.13. The van der Waals surface area contributed by atoms with E-state index in [1.807, 2.05) is 6.92 Å². The van der Waals surface area contributed by atoms with Crippen molar-refractivity contribution >= 4 is 31.6 Å². The molecule has 0 spiro atoms. The molecule has 1 heterocycles. The molecule has 3 N–H and O–H groups in total. The number of anilines is 1. The maximum Gasteiger partial charge on any atom is 0.271 e. The summed E-state index contributed by atoms with van der Waals surface area (Å²) >= 11 is 3.10. The molecule has 0 radical (unpaired) electrons. The molecule has 2 rings (SSSR count). The van der Waals surface area contributed by atoms with Gasteiger partial charge in [0.05, 0.1) is 11.0 Å². The number of hydrogen-bond acceptors (Lipinski definition) is 4. The summed E-state index contributed by atoms with van der Waals surface area (Å²) in [5.74, 6) is -0.000443. The van der Waals surface area contributed by atoms with Gasteiger partial charge in [-0.05, 0) is 52.7 Å². The molecular formula is C12H12BrFN2O3S. The second-order valence-electron chi connectivity index (χ2n) is 4.20. The van der Waals surface area contributed by atoms with Crippen molar-refractivity contribution in [2.45, 2.75) is 18.6 Å². The van der Waals surface area contributed by atoms with Crippen molar-refractivity contribution in [3.8, 4) is 0 Å². The highest BCUT2D eigenvalue weighted by Crippen LogP contribution is 2.24. The minimum Gasteiger partial charge on any atom is -0.446 e. The molecule has 1 aromatic heterocycles. The minimum absolute atomic E-state index is 0.220. The van der Waals surface area contributed by atoms with E-state index in [4.69, 9.17) is 9.56 Å². The zero-order valence-electron chi connectivity index (χ0n) is 10.5. The number of furan rings is 1. The Morgan fingerprint density at radius 3 is 2.70 bits per heavy atom. The van der Waals surface area contributed by atoms with Crippen molar-refractivity contribution in [1.29, 1.82) is 0 Å². The molecule has 0 atom stereocenters. The van der Waals surface area contributed by atoms with Crippen LogP contribution >= 0.6 is 15.9 Å². The molecule has 0 aliphatic rings. The monoisotopic (exact) mass is 362 g/mol. The molecule has 1 aromatic carbocycles. The average molecular weight is 363 g/mol. The molecule has 0 fully saturated rings. The van der Waals surface area contributed by atoms with E-state index in [1.165, 1.54) is 18.2 Å². The topological polar surface area (TPSA) is 85.3 Å². The lowest BCUT2D eigenvalue weighted by atomic mass is 10.2. The lowest BCUT2D eigenvalue weighted by Crippen LogP contribution is -2.10. The summed E-state index contributed by atoms with van der Waals surface area (Å²) in [6, 6.07) is 5.77. The normalized spacial score (nSPS) is 11.6. The van der Waals surface area contributed by atoms with Gasteiger partial charge in [0, 0.05) is 5.69 Å². The number of nitrogens with one attached hydrogen (secondary N) is 1. The highest BCUT2D eigenvalue weighted by atomic mass is 79.9. The summed E-state index contributed by atoms with van der Waals surface area (Å²) in [4.78, 5) is 0. The molecule has 0 bridgehead atoms. The van der Waals surface area contributed by atoms with Crippen molar-refractivity contribution < 1.29 is 17.2 Å². The van der Waals surface area contributed by atoms with Crippen LogP contribution in [0.25, 0.3) is 0 Å². The number of hydrogen-bond donors (Lipinski definition) is 2. The van der Waals surface area contributed by atoms with Crippen LogP contribution in [0.1, 0.15) is 11.3 Å². The van der Waals surface area contributed by atoms with E-state index in [1.54, 1.807) is 6.07 Å². The Morgan fingerprint density at radius 2 is 2.10 bits per heavy atom. The van der Waals surface area contributed by atoms with Gasteiger partial charge < -0.3 is 9.73 Å². The molecule has 0 amide bonds. The highest BCUT2D eigenvalue weighted by molar-refractivity contribution is 9.10. The van der Waals surface area contributed by atoms with Gasteiger partial charge in [0.25, 0.3) is 10.0 Å². The fourth-order valence-electron chi connectivity index (χ4n) is 1.63. The van der Waals surface area contributed by atoms with E-state index in [-0.39, 0.29) is 17.5 Å². The Hall–Kier alpha value is -1.38. The van der Waals surface area contributed by atoms with Crippen molar-refractivity contribution in [3.63, 3.8) is 0 Å². The predicted molar refractivity (Wildman–Crippen MR) is 76.2 cm³/mol. The lowest BCUT2D eigenvalue weighted by molar-refractivity contribution is 0.419. The quantitative estimate of drug-likeness (QED) is 0.875. The molecule has 8 heteroatoms. The maximum atomic E-state index is 13.4. The third kappa shape index (κ3) is 3.38. The third-order valence-electron chi connectivity index (χ3n) is 2.64. The van der Waals surface area contributed by atoms with Crippen LogP contribution in [0.4, 0.5) is 10.1 Å². The summed E-state index contributed by atoms with van der Waals surface area (Å²) in [5, 5.41) is 7.61. The first-order valence-corrected chi connectivity index (χ1v) is 7.92. The standard InChI is InChI=1S/C12H12BrFN2O3S/c1-7-4-9(13)10(14)5-11(7)16-6-8-2-3-12(19-8)20(15,17)18/h2-5,16H,6H2,1H3,(H2,15,17,18). The first-order valence-electron chi connectivity index (χ1n) is 5.58. The van der Waals surface area contributed by atoms with Crippen LogP contribution in [0.15, 0.2) is 38.2 Å². The summed E-state index contributed by atoms with van der Waals surface area (Å²) in [6.45, 7) is 2.04. The molecule has 0 saturated carbocycles. The van der Waals surface area contributed by atoms with Gasteiger partial charge in [0.15, 0.2) is 0 Å². The molecule has 2 aromatic rings. The Morgan fingerprint density at radius 1 is 1.40 bits per heavy atom. The van der Waals surface area contributed by atoms with E-state index in [0.29, 0.717) is 15.9 Å². The summed E-state index contributed by atoms with van der Waals surface area (Å²) < 4.78 is 41.0. The molecule has 0 aliphatic heterocycles. The number of nitrogens with two attached hydrogens (primary N) is 1. The smallest absolute Gasteiger partial charge is 0.271 e. The van der Waals surface area contributed by atoms with Crippen LogP contribution in [0.2, 0.25) is 0 Å². The van der Waals surface area contributed by atoms with Gasteiger partial charge in [-0.15, -0.1) is 0 Å². The first kappa shape index (κ1) is 15.0. The van der Waals surface area contributed by atoms with Crippen LogP contribution in [0.5, 0.6) is 0 Å². The van der Waals surface area contributed by atoms with Gasteiger partial charge in [-0.3, -0.25) is 0 Å². The van der Waals surface area contributed by atoms with E-state index in [0.717, 1.165) is 5.56 Å². The largest absolute Gasteiger partial charge is 0.446 e. The fraction of sp³-hybridized carbons (Fsp3) is 0.167. The van der Waals surface area contributed by atoms with E-state index in [9.17, 15) is 12.8 Å². The molecule has 5 nitrogen and oxygen atoms in total. The number of primary sulfonamides is 1. The first-order chi connectivity index (χ1) is 9.27. The van der Waals surface area contributed by atoms with Crippen molar-refractivity contribution in [2.75, 3.05) is 5.32 Å². The number of sulfonamides is 1. The van der Waals surface area contributed by atoms with Crippen LogP contribution in [-0.4, -0.2) is 8.42 Å². The van der Waals surface area contributed by atoms with Crippen LogP contribution < -0.4 is 10.5 Å². The van der Waals surface area contributed by atoms with Gasteiger partial charge in [-0.2, -0.15) is 0 Å². The molecule has 0 aliphatic carbocycles. The van der Waals surface area contributed by atoms with Crippen LogP contribution in [0, 0.1) is 12.7 Å². The van der Waals surface area contributed by atoms with Crippen molar-refractivity contribution in [3.05, 3.63) is 45.9 Å². The SMILES string of the molecule is Cc1cc(Br)c(F)cc1NCc1ccc(S(N)(=O)=O)o1. The Labute approximate surface area is 124 Å². The van der Waals surface area contributed by atoms with Gasteiger partial charge in [0.2, 0.25) is 5.09 Å². The fourth-order valence-corrected chi connectivity index (χ4v) is 2.56. The predicted octanol–water partition coefficient (Wildman–Crippen LogP) is 2.75. The highest BCUT2D eigenvalue weighted by Gasteiger charge is 2.13. The molecule has 108 valence electrons. The van der Waals surface area contributed by atoms with Crippen LogP contribution in [0.3, 0.4) is 0 Å². The zero-order valence-corrected chi connectivity index (χ0v) is 12.9. The second-order valence-corrected chi connectivity index (χ2v) is 6.55. The van der Waals surface area contributed by atoms with Crippen molar-refractivity contribution in [1.82, 2.24) is 0 Å². The minimum atomic E-state index is -3.85. The van der Waals surface area contributed by atoms with E-state index >= 15 is 0 Å². The van der Waals surface area contributed by atoms with E-state index in [2.05, 4.69) is 21.2 Å². The summed E-state index contributed by atoms with van der Waals surface area (Å²) in [5.41, 5.74) is 1.44. The molecule has 0 saturated heterocycles. The average Bonchev–Trinajstić information content (AvgIpc) is 2.80. The van der Waals surface area contributed by atoms with Gasteiger partial charge >= 0.3 is 0 Å². The number of aryl methyl sites for hydroxylation is 1. The van der Waals surface area contributed by atoms with Crippen molar-refractivity contribution in [2.24, 2.45) is 5.14 Å². The Kier molecular flexibility index (Phi) is 4.17. The molecular weight excluding hydrogens is 351 g/mol.